The van der Waals surface area contributed by atoms with Gasteiger partial charge in [0, 0.05) is 12.1 Å². The van der Waals surface area contributed by atoms with E-state index < -0.39 is 33.4 Å². The summed E-state index contributed by atoms with van der Waals surface area (Å²) in [6.07, 6.45) is 3.20. The number of rotatable bonds is 4. The van der Waals surface area contributed by atoms with Gasteiger partial charge in [-0.15, -0.1) is 0 Å². The van der Waals surface area contributed by atoms with Gasteiger partial charge in [-0.2, -0.15) is 0 Å². The van der Waals surface area contributed by atoms with E-state index in [0.29, 0.717) is 12.8 Å². The van der Waals surface area contributed by atoms with E-state index in [4.69, 9.17) is 0 Å². The minimum Gasteiger partial charge on any atom is -0.388 e. The molecule has 25 heavy (non-hydrogen) atoms. The average Bonchev–Trinajstić information content (AvgIpc) is 3.07. The Kier molecular flexibility index (Phi) is 4.59. The Bertz CT molecular complexity index is 799. The Hall–Kier alpha value is -1.93. The molecular formula is C17H22N2O5S. The van der Waals surface area contributed by atoms with Crippen LogP contribution in [0.25, 0.3) is 0 Å². The molecule has 0 spiro atoms. The topological polar surface area (TPSA) is 104 Å². The lowest BCUT2D eigenvalue weighted by Crippen LogP contribution is -2.40. The molecule has 1 unspecified atom stereocenters. The zero-order valence-corrected chi connectivity index (χ0v) is 14.9. The Balaban J connectivity index is 1.77. The van der Waals surface area contributed by atoms with Gasteiger partial charge in [-0.25, -0.2) is 12.7 Å². The van der Waals surface area contributed by atoms with E-state index in [1.165, 1.54) is 12.1 Å². The van der Waals surface area contributed by atoms with Crippen LogP contribution >= 0.6 is 0 Å². The molecule has 1 heterocycles. The first kappa shape index (κ1) is 17.9. The van der Waals surface area contributed by atoms with Crippen LogP contribution in [0.3, 0.4) is 0 Å². The third kappa shape index (κ3) is 3.55. The molecule has 0 aromatic heterocycles. The average molecular weight is 366 g/mol. The van der Waals surface area contributed by atoms with E-state index >= 15 is 0 Å². The number of hydrogen-bond acceptors (Lipinski definition) is 5. The molecule has 1 aliphatic heterocycles. The molecule has 1 aromatic rings. The first-order chi connectivity index (χ1) is 11.7. The smallest absolute Gasteiger partial charge is 0.251 e. The van der Waals surface area contributed by atoms with E-state index in [0.717, 1.165) is 17.1 Å². The second-order valence-electron chi connectivity index (χ2n) is 6.95. The molecule has 2 N–H and O–H groups in total. The summed E-state index contributed by atoms with van der Waals surface area (Å²) in [7, 11) is -3.70. The molecule has 2 fully saturated rings. The normalized spacial score (nSPS) is 24.5. The Morgan fingerprint density at radius 2 is 2.04 bits per heavy atom. The molecule has 1 saturated carbocycles. The monoisotopic (exact) mass is 366 g/mol. The maximum absolute atomic E-state index is 12.3. The number of nitrogens with zero attached hydrogens (tertiary/aromatic N) is 1. The molecule has 8 heteroatoms. The SMILES string of the molecule is CC1CS(=O)(=O)N(c2cccc(C(=O)NCC3(O)CCCC3)c2)C1=O. The van der Waals surface area contributed by atoms with Crippen molar-refractivity contribution in [3.8, 4) is 0 Å². The molecule has 0 radical (unpaired) electrons. The molecule has 3 rings (SSSR count). The zero-order valence-electron chi connectivity index (χ0n) is 14.1. The maximum Gasteiger partial charge on any atom is 0.251 e. The first-order valence-corrected chi connectivity index (χ1v) is 10.0. The molecule has 1 aliphatic carbocycles. The van der Waals surface area contributed by atoms with Crippen molar-refractivity contribution in [1.82, 2.24) is 5.32 Å². The zero-order chi connectivity index (χ0) is 18.2. The largest absolute Gasteiger partial charge is 0.388 e. The van der Waals surface area contributed by atoms with Crippen LogP contribution in [-0.2, 0) is 14.8 Å². The van der Waals surface area contributed by atoms with Crippen LogP contribution < -0.4 is 9.62 Å². The maximum atomic E-state index is 12.3. The standard InChI is InChI=1S/C17H22N2O5S/c1-12-10-25(23,24)19(16(12)21)14-6-4-5-13(9-14)15(20)18-11-17(22)7-2-3-8-17/h4-6,9,12,22H,2-3,7-8,10-11H2,1H3,(H,18,20). The third-order valence-corrected chi connectivity index (χ3v) is 6.68. The molecule has 2 amide bonds. The minimum atomic E-state index is -3.70. The van der Waals surface area contributed by atoms with Crippen molar-refractivity contribution in [2.24, 2.45) is 5.92 Å². The van der Waals surface area contributed by atoms with Gasteiger partial charge in [0.05, 0.1) is 23.0 Å². The van der Waals surface area contributed by atoms with Gasteiger partial charge < -0.3 is 10.4 Å². The van der Waals surface area contributed by atoms with E-state index in [-0.39, 0.29) is 23.5 Å². The van der Waals surface area contributed by atoms with Crippen LogP contribution in [0.2, 0.25) is 0 Å². The fourth-order valence-electron chi connectivity index (χ4n) is 3.42. The summed E-state index contributed by atoms with van der Waals surface area (Å²) >= 11 is 0. The van der Waals surface area contributed by atoms with Crippen molar-refractivity contribution in [2.75, 3.05) is 16.6 Å². The fourth-order valence-corrected chi connectivity index (χ4v) is 5.23. The van der Waals surface area contributed by atoms with Gasteiger partial charge in [0.25, 0.3) is 5.91 Å². The second kappa shape index (κ2) is 6.42. The fraction of sp³-hybridized carbons (Fsp3) is 0.529. The van der Waals surface area contributed by atoms with E-state index in [9.17, 15) is 23.1 Å². The number of carbonyl (C=O) groups is 2. The molecule has 1 aromatic carbocycles. The number of carbonyl (C=O) groups excluding carboxylic acids is 2. The summed E-state index contributed by atoms with van der Waals surface area (Å²) in [6.45, 7) is 1.73. The van der Waals surface area contributed by atoms with Gasteiger partial charge in [0.1, 0.15) is 0 Å². The lowest BCUT2D eigenvalue weighted by Gasteiger charge is -2.22. The Morgan fingerprint density at radius 1 is 1.36 bits per heavy atom. The molecule has 1 atom stereocenters. The number of benzene rings is 1. The summed E-state index contributed by atoms with van der Waals surface area (Å²) in [5.41, 5.74) is -0.444. The number of anilines is 1. The lowest BCUT2D eigenvalue weighted by atomic mass is 10.0. The van der Waals surface area contributed by atoms with Crippen molar-refractivity contribution in [3.05, 3.63) is 29.8 Å². The summed E-state index contributed by atoms with van der Waals surface area (Å²) in [5, 5.41) is 13.0. The van der Waals surface area contributed by atoms with E-state index in [1.54, 1.807) is 19.1 Å². The van der Waals surface area contributed by atoms with Crippen molar-refractivity contribution >= 4 is 27.5 Å². The number of hydrogen-bond donors (Lipinski definition) is 2. The van der Waals surface area contributed by atoms with Gasteiger partial charge in [-0.05, 0) is 31.0 Å². The molecule has 1 saturated heterocycles. The molecular weight excluding hydrogens is 344 g/mol. The Morgan fingerprint density at radius 3 is 2.64 bits per heavy atom. The van der Waals surface area contributed by atoms with Crippen LogP contribution in [0, 0.1) is 5.92 Å². The van der Waals surface area contributed by atoms with Crippen LogP contribution in [0.1, 0.15) is 43.0 Å². The quantitative estimate of drug-likeness (QED) is 0.828. The van der Waals surface area contributed by atoms with Gasteiger partial charge in [0.2, 0.25) is 15.9 Å². The van der Waals surface area contributed by atoms with Crippen LogP contribution in [0.5, 0.6) is 0 Å². The van der Waals surface area contributed by atoms with E-state index in [1.807, 2.05) is 0 Å². The van der Waals surface area contributed by atoms with Crippen molar-refractivity contribution in [1.29, 1.82) is 0 Å². The highest BCUT2D eigenvalue weighted by atomic mass is 32.2. The van der Waals surface area contributed by atoms with Gasteiger partial charge in [-0.1, -0.05) is 25.8 Å². The van der Waals surface area contributed by atoms with Crippen LogP contribution in [0.4, 0.5) is 5.69 Å². The molecule has 136 valence electrons. The number of aliphatic hydroxyl groups is 1. The van der Waals surface area contributed by atoms with Gasteiger partial charge >= 0.3 is 0 Å². The van der Waals surface area contributed by atoms with Gasteiger partial charge in [-0.3, -0.25) is 9.59 Å². The minimum absolute atomic E-state index is 0.161. The highest BCUT2D eigenvalue weighted by molar-refractivity contribution is 7.94. The summed E-state index contributed by atoms with van der Waals surface area (Å²) in [5.74, 6) is -1.72. The number of sulfonamides is 1. The summed E-state index contributed by atoms with van der Waals surface area (Å²) < 4.78 is 25.1. The first-order valence-electron chi connectivity index (χ1n) is 8.39. The van der Waals surface area contributed by atoms with Crippen molar-refractivity contribution in [2.45, 2.75) is 38.2 Å². The Labute approximate surface area is 147 Å². The molecule has 0 bridgehead atoms. The van der Waals surface area contributed by atoms with Crippen LogP contribution in [-0.4, -0.2) is 43.2 Å². The predicted molar refractivity (Wildman–Crippen MR) is 92.6 cm³/mol. The highest BCUT2D eigenvalue weighted by Gasteiger charge is 2.42. The highest BCUT2D eigenvalue weighted by Crippen LogP contribution is 2.30. The summed E-state index contributed by atoms with van der Waals surface area (Å²) in [6, 6.07) is 5.98. The second-order valence-corrected chi connectivity index (χ2v) is 8.81. The third-order valence-electron chi connectivity index (χ3n) is 4.82. The van der Waals surface area contributed by atoms with Crippen molar-refractivity contribution < 1.29 is 23.1 Å². The summed E-state index contributed by atoms with van der Waals surface area (Å²) in [4.78, 5) is 24.5. The molecule has 2 aliphatic rings. The van der Waals surface area contributed by atoms with Crippen molar-refractivity contribution in [3.63, 3.8) is 0 Å². The van der Waals surface area contributed by atoms with E-state index in [2.05, 4.69) is 5.32 Å². The predicted octanol–water partition coefficient (Wildman–Crippen LogP) is 1.03. The number of amides is 2. The number of nitrogens with one attached hydrogen (secondary N) is 1. The van der Waals surface area contributed by atoms with Gasteiger partial charge in [0.15, 0.2) is 0 Å². The molecule has 7 nitrogen and oxygen atoms in total. The lowest BCUT2D eigenvalue weighted by molar-refractivity contribution is -0.119. The van der Waals surface area contributed by atoms with Crippen LogP contribution in [0.15, 0.2) is 24.3 Å².